The molecular formula is C11H14N4. The van der Waals surface area contributed by atoms with Crippen LogP contribution in [0.25, 0.3) is 5.65 Å². The van der Waals surface area contributed by atoms with Gasteiger partial charge in [0.15, 0.2) is 11.5 Å². The van der Waals surface area contributed by atoms with Crippen LogP contribution in [0.4, 0.5) is 5.69 Å². The van der Waals surface area contributed by atoms with E-state index in [9.17, 15) is 0 Å². The predicted molar refractivity (Wildman–Crippen MR) is 58.7 cm³/mol. The minimum absolute atomic E-state index is 0.575. The molecule has 1 fully saturated rings. The van der Waals surface area contributed by atoms with Gasteiger partial charge in [0.2, 0.25) is 0 Å². The lowest BCUT2D eigenvalue weighted by atomic mass is 9.85. The zero-order valence-electron chi connectivity index (χ0n) is 8.77. The van der Waals surface area contributed by atoms with Gasteiger partial charge in [-0.3, -0.25) is 0 Å². The Balaban J connectivity index is 2.16. The van der Waals surface area contributed by atoms with Crippen LogP contribution in [0.5, 0.6) is 0 Å². The third-order valence-electron chi connectivity index (χ3n) is 3.27. The summed E-state index contributed by atoms with van der Waals surface area (Å²) in [7, 11) is 0. The lowest BCUT2D eigenvalue weighted by molar-refractivity contribution is 0.401. The van der Waals surface area contributed by atoms with E-state index in [1.807, 2.05) is 23.6 Å². The first-order valence-corrected chi connectivity index (χ1v) is 5.37. The molecule has 0 saturated heterocycles. The van der Waals surface area contributed by atoms with Crippen LogP contribution in [-0.2, 0) is 0 Å². The molecule has 1 aliphatic rings. The Kier molecular flexibility index (Phi) is 1.71. The third-order valence-corrected chi connectivity index (χ3v) is 3.27. The second-order valence-electron chi connectivity index (χ2n) is 4.24. The summed E-state index contributed by atoms with van der Waals surface area (Å²) in [6.07, 6.45) is 3.76. The van der Waals surface area contributed by atoms with Crippen LogP contribution in [-0.4, -0.2) is 14.6 Å². The normalized spacial score (nSPS) is 16.9. The van der Waals surface area contributed by atoms with Gasteiger partial charge in [-0.1, -0.05) is 6.42 Å². The number of anilines is 1. The summed E-state index contributed by atoms with van der Waals surface area (Å²) in [6.45, 7) is 1.97. The molecule has 4 heteroatoms. The average molecular weight is 202 g/mol. The van der Waals surface area contributed by atoms with Crippen molar-refractivity contribution in [3.63, 3.8) is 0 Å². The van der Waals surface area contributed by atoms with Crippen molar-refractivity contribution < 1.29 is 0 Å². The first-order chi connectivity index (χ1) is 7.25. The molecule has 4 nitrogen and oxygen atoms in total. The minimum Gasteiger partial charge on any atom is -0.397 e. The summed E-state index contributed by atoms with van der Waals surface area (Å²) in [6, 6.07) is 3.82. The Labute approximate surface area is 88.1 Å². The number of rotatable bonds is 1. The minimum atomic E-state index is 0.575. The third kappa shape index (κ3) is 1.21. The van der Waals surface area contributed by atoms with Gasteiger partial charge in [-0.25, -0.2) is 9.50 Å². The number of nitrogens with zero attached hydrogens (tertiary/aromatic N) is 3. The lowest BCUT2D eigenvalue weighted by Gasteiger charge is -2.21. The van der Waals surface area contributed by atoms with E-state index in [0.717, 1.165) is 22.9 Å². The second-order valence-corrected chi connectivity index (χ2v) is 4.24. The van der Waals surface area contributed by atoms with Gasteiger partial charge < -0.3 is 5.73 Å². The van der Waals surface area contributed by atoms with Crippen molar-refractivity contribution in [1.82, 2.24) is 14.6 Å². The zero-order chi connectivity index (χ0) is 10.4. The topological polar surface area (TPSA) is 56.2 Å². The SMILES string of the molecule is Cc1c(N)ccc2nc(C3CCC3)nn12. The van der Waals surface area contributed by atoms with Crippen LogP contribution in [0.2, 0.25) is 0 Å². The molecule has 0 aliphatic heterocycles. The molecular weight excluding hydrogens is 188 g/mol. The Morgan fingerprint density at radius 3 is 2.87 bits per heavy atom. The summed E-state index contributed by atoms with van der Waals surface area (Å²) in [5.74, 6) is 1.56. The van der Waals surface area contributed by atoms with Gasteiger partial charge in [0.1, 0.15) is 0 Å². The van der Waals surface area contributed by atoms with E-state index in [2.05, 4.69) is 10.1 Å². The van der Waals surface area contributed by atoms with Gasteiger partial charge in [-0.05, 0) is 31.9 Å². The fourth-order valence-corrected chi connectivity index (χ4v) is 1.94. The maximum atomic E-state index is 5.83. The lowest BCUT2D eigenvalue weighted by Crippen LogP contribution is -2.10. The molecule has 0 radical (unpaired) electrons. The molecule has 15 heavy (non-hydrogen) atoms. The Morgan fingerprint density at radius 1 is 1.40 bits per heavy atom. The Hall–Kier alpha value is -1.58. The van der Waals surface area contributed by atoms with E-state index >= 15 is 0 Å². The Morgan fingerprint density at radius 2 is 2.20 bits per heavy atom. The molecule has 0 spiro atoms. The first kappa shape index (κ1) is 8.71. The van der Waals surface area contributed by atoms with E-state index < -0.39 is 0 Å². The van der Waals surface area contributed by atoms with Crippen LogP contribution in [0, 0.1) is 6.92 Å². The van der Waals surface area contributed by atoms with Crippen LogP contribution < -0.4 is 5.73 Å². The van der Waals surface area contributed by atoms with E-state index in [1.165, 1.54) is 19.3 Å². The molecule has 0 unspecified atom stereocenters. The van der Waals surface area contributed by atoms with Gasteiger partial charge in [-0.2, -0.15) is 5.10 Å². The molecule has 3 rings (SSSR count). The van der Waals surface area contributed by atoms with Gasteiger partial charge in [0.25, 0.3) is 0 Å². The van der Waals surface area contributed by atoms with Crippen molar-refractivity contribution in [2.75, 3.05) is 5.73 Å². The predicted octanol–water partition coefficient (Wildman–Crippen LogP) is 1.89. The quantitative estimate of drug-likeness (QED) is 0.768. The van der Waals surface area contributed by atoms with E-state index in [1.54, 1.807) is 0 Å². The summed E-state index contributed by atoms with van der Waals surface area (Å²) in [4.78, 5) is 4.53. The highest BCUT2D eigenvalue weighted by Crippen LogP contribution is 2.34. The average Bonchev–Trinajstić information content (AvgIpc) is 2.53. The molecule has 0 aromatic carbocycles. The van der Waals surface area contributed by atoms with Crippen molar-refractivity contribution in [1.29, 1.82) is 0 Å². The smallest absolute Gasteiger partial charge is 0.156 e. The number of aromatic nitrogens is 3. The zero-order valence-corrected chi connectivity index (χ0v) is 8.77. The maximum Gasteiger partial charge on any atom is 0.156 e. The molecule has 0 bridgehead atoms. The highest BCUT2D eigenvalue weighted by molar-refractivity contribution is 5.51. The molecule has 1 aliphatic carbocycles. The highest BCUT2D eigenvalue weighted by Gasteiger charge is 2.24. The first-order valence-electron chi connectivity index (χ1n) is 5.37. The van der Waals surface area contributed by atoms with Crippen LogP contribution in [0.1, 0.15) is 36.7 Å². The number of nitrogens with two attached hydrogens (primary N) is 1. The van der Waals surface area contributed by atoms with E-state index in [4.69, 9.17) is 5.73 Å². The number of pyridine rings is 1. The van der Waals surface area contributed by atoms with Gasteiger partial charge >= 0.3 is 0 Å². The van der Waals surface area contributed by atoms with Crippen molar-refractivity contribution >= 4 is 11.3 Å². The largest absolute Gasteiger partial charge is 0.397 e. The molecule has 78 valence electrons. The number of hydrogen-bond acceptors (Lipinski definition) is 3. The van der Waals surface area contributed by atoms with Crippen molar-refractivity contribution in [3.05, 3.63) is 23.7 Å². The number of hydrogen-bond donors (Lipinski definition) is 1. The standard InChI is InChI=1S/C11H14N4/c1-7-9(12)5-6-10-13-11(14-15(7)10)8-3-2-4-8/h5-6,8H,2-4,12H2,1H3. The fraction of sp³-hybridized carbons (Fsp3) is 0.455. The fourth-order valence-electron chi connectivity index (χ4n) is 1.94. The van der Waals surface area contributed by atoms with Gasteiger partial charge in [0.05, 0.1) is 11.4 Å². The monoisotopic (exact) mass is 202 g/mol. The highest BCUT2D eigenvalue weighted by atomic mass is 15.3. The van der Waals surface area contributed by atoms with Crippen LogP contribution in [0.15, 0.2) is 12.1 Å². The summed E-state index contributed by atoms with van der Waals surface area (Å²) in [5, 5.41) is 4.52. The second kappa shape index (κ2) is 2.95. The number of aryl methyl sites for hydroxylation is 1. The molecule has 2 aromatic rings. The maximum absolute atomic E-state index is 5.83. The molecule has 0 amide bonds. The van der Waals surface area contributed by atoms with Crippen molar-refractivity contribution in [2.24, 2.45) is 0 Å². The van der Waals surface area contributed by atoms with E-state index in [0.29, 0.717) is 5.92 Å². The number of fused-ring (bicyclic) bond motifs is 1. The van der Waals surface area contributed by atoms with E-state index in [-0.39, 0.29) is 0 Å². The Bertz CT molecular complexity index is 511. The summed E-state index contributed by atoms with van der Waals surface area (Å²) < 4.78 is 1.85. The molecule has 0 atom stereocenters. The summed E-state index contributed by atoms with van der Waals surface area (Å²) in [5.41, 5.74) is 8.48. The molecule has 2 N–H and O–H groups in total. The number of nitrogen functional groups attached to an aromatic ring is 1. The van der Waals surface area contributed by atoms with Crippen LogP contribution >= 0.6 is 0 Å². The van der Waals surface area contributed by atoms with Gasteiger partial charge in [-0.15, -0.1) is 0 Å². The van der Waals surface area contributed by atoms with Gasteiger partial charge in [0, 0.05) is 5.92 Å². The van der Waals surface area contributed by atoms with Crippen molar-refractivity contribution in [2.45, 2.75) is 32.1 Å². The summed E-state index contributed by atoms with van der Waals surface area (Å²) >= 11 is 0. The molecule has 2 aromatic heterocycles. The molecule has 1 saturated carbocycles. The molecule has 2 heterocycles. The van der Waals surface area contributed by atoms with Crippen LogP contribution in [0.3, 0.4) is 0 Å². The van der Waals surface area contributed by atoms with Crippen molar-refractivity contribution in [3.8, 4) is 0 Å².